The Bertz CT molecular complexity index is 392. The number of nitro benzene ring substituents is 1. The maximum absolute atomic E-state index is 11.1. The number of benzene rings is 1. The monoisotopic (exact) mass is 259 g/mol. The molecule has 17 heavy (non-hydrogen) atoms. The largest absolute Gasteiger partial charge is 0.513 e. The van der Waals surface area contributed by atoms with Crippen molar-refractivity contribution >= 4 is 23.4 Å². The second-order valence-corrected chi connectivity index (χ2v) is 3.37. The maximum atomic E-state index is 11.1. The number of hydrogen-bond acceptors (Lipinski definition) is 5. The summed E-state index contributed by atoms with van der Waals surface area (Å²) in [7, 11) is 0. The fourth-order valence-electron chi connectivity index (χ4n) is 0.972. The van der Waals surface area contributed by atoms with Crippen LogP contribution in [0.3, 0.4) is 0 Å². The van der Waals surface area contributed by atoms with Crippen LogP contribution in [0.15, 0.2) is 24.3 Å². The molecule has 0 aliphatic carbocycles. The van der Waals surface area contributed by atoms with Crippen LogP contribution < -0.4 is 4.74 Å². The van der Waals surface area contributed by atoms with E-state index in [1.807, 2.05) is 0 Å². The van der Waals surface area contributed by atoms with Crippen molar-refractivity contribution in [2.75, 3.05) is 12.5 Å². The van der Waals surface area contributed by atoms with Crippen molar-refractivity contribution in [1.29, 1.82) is 0 Å². The predicted octanol–water partition coefficient (Wildman–Crippen LogP) is 2.74. The molecule has 0 saturated carbocycles. The van der Waals surface area contributed by atoms with Crippen LogP contribution in [0.1, 0.15) is 6.42 Å². The molecule has 6 nitrogen and oxygen atoms in total. The van der Waals surface area contributed by atoms with E-state index in [-0.39, 0.29) is 18.0 Å². The van der Waals surface area contributed by atoms with Crippen molar-refractivity contribution in [1.82, 2.24) is 0 Å². The zero-order valence-corrected chi connectivity index (χ0v) is 9.55. The van der Waals surface area contributed by atoms with Crippen LogP contribution in [0, 0.1) is 10.1 Å². The molecule has 0 N–H and O–H groups in total. The topological polar surface area (TPSA) is 78.7 Å². The summed E-state index contributed by atoms with van der Waals surface area (Å²) in [5, 5.41) is 10.4. The van der Waals surface area contributed by atoms with E-state index in [0.29, 0.717) is 12.3 Å². The van der Waals surface area contributed by atoms with Gasteiger partial charge >= 0.3 is 6.16 Å². The number of ether oxygens (including phenoxy) is 2. The molecular formula is C10H10ClNO5. The number of carbonyl (C=O) groups excluding carboxylic acids is 1. The first kappa shape index (κ1) is 13.2. The van der Waals surface area contributed by atoms with E-state index in [4.69, 9.17) is 16.3 Å². The van der Waals surface area contributed by atoms with Crippen LogP contribution in [0.4, 0.5) is 10.5 Å². The molecule has 92 valence electrons. The molecule has 0 amide bonds. The Kier molecular flexibility index (Phi) is 5.22. The molecule has 0 saturated heterocycles. The van der Waals surface area contributed by atoms with Gasteiger partial charge in [-0.05, 0) is 18.6 Å². The Morgan fingerprint density at radius 3 is 2.53 bits per heavy atom. The Labute approximate surface area is 102 Å². The van der Waals surface area contributed by atoms with Gasteiger partial charge in [0.15, 0.2) is 0 Å². The van der Waals surface area contributed by atoms with Crippen LogP contribution >= 0.6 is 11.6 Å². The quantitative estimate of drug-likeness (QED) is 0.203. The molecule has 0 radical (unpaired) electrons. The molecule has 0 unspecified atom stereocenters. The summed E-state index contributed by atoms with van der Waals surface area (Å²) < 4.78 is 9.45. The second kappa shape index (κ2) is 6.70. The molecular weight excluding hydrogens is 250 g/mol. The Morgan fingerprint density at radius 1 is 1.35 bits per heavy atom. The molecule has 1 aromatic rings. The summed E-state index contributed by atoms with van der Waals surface area (Å²) in [4.78, 5) is 20.9. The van der Waals surface area contributed by atoms with Gasteiger partial charge in [-0.3, -0.25) is 10.1 Å². The molecule has 7 heteroatoms. The fourth-order valence-corrected chi connectivity index (χ4v) is 1.08. The zero-order valence-electron chi connectivity index (χ0n) is 8.80. The summed E-state index contributed by atoms with van der Waals surface area (Å²) >= 11 is 5.40. The first-order valence-corrected chi connectivity index (χ1v) is 5.32. The van der Waals surface area contributed by atoms with Crippen LogP contribution in [0.25, 0.3) is 0 Å². The van der Waals surface area contributed by atoms with Gasteiger partial charge in [0.05, 0.1) is 11.5 Å². The SMILES string of the molecule is O=C(OCCCCl)Oc1ccc([N+](=O)[O-])cc1. The molecule has 0 aromatic heterocycles. The minimum Gasteiger partial charge on any atom is -0.434 e. The molecule has 0 aliphatic heterocycles. The average Bonchev–Trinajstić information content (AvgIpc) is 2.30. The number of non-ortho nitro benzene ring substituents is 1. The van der Waals surface area contributed by atoms with Crippen LogP contribution in [0.2, 0.25) is 0 Å². The van der Waals surface area contributed by atoms with Crippen molar-refractivity contribution in [3.05, 3.63) is 34.4 Å². The molecule has 1 aromatic carbocycles. The number of halogens is 1. The Morgan fingerprint density at radius 2 is 2.00 bits per heavy atom. The highest BCUT2D eigenvalue weighted by molar-refractivity contribution is 6.17. The third-order valence-corrected chi connectivity index (χ3v) is 2.01. The first-order chi connectivity index (χ1) is 8.13. The molecule has 0 atom stereocenters. The predicted molar refractivity (Wildman–Crippen MR) is 60.4 cm³/mol. The lowest BCUT2D eigenvalue weighted by Gasteiger charge is -2.04. The molecule has 0 aliphatic rings. The van der Waals surface area contributed by atoms with Gasteiger partial charge in [-0.2, -0.15) is 0 Å². The molecule has 0 spiro atoms. The van der Waals surface area contributed by atoms with E-state index in [2.05, 4.69) is 4.74 Å². The normalized spacial score (nSPS) is 9.71. The van der Waals surface area contributed by atoms with Gasteiger partial charge in [-0.15, -0.1) is 11.6 Å². The zero-order chi connectivity index (χ0) is 12.7. The maximum Gasteiger partial charge on any atom is 0.513 e. The van der Waals surface area contributed by atoms with E-state index in [9.17, 15) is 14.9 Å². The average molecular weight is 260 g/mol. The lowest BCUT2D eigenvalue weighted by Crippen LogP contribution is -2.11. The van der Waals surface area contributed by atoms with Gasteiger partial charge in [0, 0.05) is 18.0 Å². The molecule has 1 rings (SSSR count). The summed E-state index contributed by atoms with van der Waals surface area (Å²) in [6, 6.07) is 5.12. The van der Waals surface area contributed by atoms with Crippen molar-refractivity contribution in [2.45, 2.75) is 6.42 Å². The van der Waals surface area contributed by atoms with Crippen LogP contribution in [-0.2, 0) is 4.74 Å². The molecule has 0 fully saturated rings. The van der Waals surface area contributed by atoms with E-state index in [0.717, 1.165) is 0 Å². The Balaban J connectivity index is 2.46. The minimum absolute atomic E-state index is 0.0761. The van der Waals surface area contributed by atoms with Crippen molar-refractivity contribution in [3.8, 4) is 5.75 Å². The summed E-state index contributed by atoms with van der Waals surface area (Å²) in [5.74, 6) is 0.580. The van der Waals surface area contributed by atoms with E-state index in [1.54, 1.807) is 0 Å². The first-order valence-electron chi connectivity index (χ1n) is 4.78. The summed E-state index contributed by atoms with van der Waals surface area (Å²) in [5.41, 5.74) is -0.0761. The van der Waals surface area contributed by atoms with E-state index >= 15 is 0 Å². The fraction of sp³-hybridized carbons (Fsp3) is 0.300. The molecule has 0 heterocycles. The number of alkyl halides is 1. The Hall–Kier alpha value is -1.82. The van der Waals surface area contributed by atoms with E-state index < -0.39 is 11.1 Å². The van der Waals surface area contributed by atoms with Gasteiger partial charge in [0.1, 0.15) is 5.75 Å². The van der Waals surface area contributed by atoms with E-state index in [1.165, 1.54) is 24.3 Å². The summed E-state index contributed by atoms with van der Waals surface area (Å²) in [6.45, 7) is 0.176. The van der Waals surface area contributed by atoms with Crippen molar-refractivity contribution in [2.24, 2.45) is 0 Å². The van der Waals surface area contributed by atoms with Crippen LogP contribution in [-0.4, -0.2) is 23.6 Å². The van der Waals surface area contributed by atoms with Gasteiger partial charge in [0.2, 0.25) is 0 Å². The number of nitrogens with zero attached hydrogens (tertiary/aromatic N) is 1. The minimum atomic E-state index is -0.857. The van der Waals surface area contributed by atoms with Gasteiger partial charge in [-0.25, -0.2) is 4.79 Å². The number of rotatable bonds is 5. The van der Waals surface area contributed by atoms with Crippen molar-refractivity contribution in [3.63, 3.8) is 0 Å². The van der Waals surface area contributed by atoms with Crippen LogP contribution in [0.5, 0.6) is 5.75 Å². The van der Waals surface area contributed by atoms with Crippen molar-refractivity contribution < 1.29 is 19.2 Å². The number of carbonyl (C=O) groups is 1. The number of hydrogen-bond donors (Lipinski definition) is 0. The van der Waals surface area contributed by atoms with Gasteiger partial charge < -0.3 is 9.47 Å². The highest BCUT2D eigenvalue weighted by atomic mass is 35.5. The smallest absolute Gasteiger partial charge is 0.434 e. The third-order valence-electron chi connectivity index (χ3n) is 1.75. The lowest BCUT2D eigenvalue weighted by atomic mass is 10.3. The summed E-state index contributed by atoms with van der Waals surface area (Å²) in [6.07, 6.45) is -0.319. The molecule has 0 bridgehead atoms. The standard InChI is InChI=1S/C10H10ClNO5/c11-6-1-7-16-10(13)17-9-4-2-8(3-5-9)12(14)15/h2-5H,1,6-7H2. The number of nitro groups is 1. The van der Waals surface area contributed by atoms with Gasteiger partial charge in [0.25, 0.3) is 5.69 Å². The lowest BCUT2D eigenvalue weighted by molar-refractivity contribution is -0.384. The third kappa shape index (κ3) is 4.69. The second-order valence-electron chi connectivity index (χ2n) is 2.99. The highest BCUT2D eigenvalue weighted by Crippen LogP contribution is 2.17. The van der Waals surface area contributed by atoms with Gasteiger partial charge in [-0.1, -0.05) is 0 Å². The highest BCUT2D eigenvalue weighted by Gasteiger charge is 2.08.